The van der Waals surface area contributed by atoms with Crippen LogP contribution in [0.25, 0.3) is 0 Å². The number of oxazole rings is 1. The van der Waals surface area contributed by atoms with Gasteiger partial charge in [-0.25, -0.2) is 0 Å². The number of likely N-dealkylation sites (tertiary alicyclic amines) is 1. The lowest BCUT2D eigenvalue weighted by Crippen LogP contribution is -2.32. The van der Waals surface area contributed by atoms with E-state index in [1.165, 1.54) is 17.6 Å². The van der Waals surface area contributed by atoms with Gasteiger partial charge in [-0.2, -0.15) is 4.98 Å². The van der Waals surface area contributed by atoms with Crippen LogP contribution >= 0.6 is 11.3 Å². The second-order valence-corrected chi connectivity index (χ2v) is 6.12. The number of carbonyl (C=O) groups excluding carboxylic acids is 2. The molecule has 3 heterocycles. The predicted octanol–water partition coefficient (Wildman–Crippen LogP) is 3.00. The fourth-order valence-corrected chi connectivity index (χ4v) is 3.05. The number of hydrogen-bond acceptors (Lipinski definition) is 5. The van der Waals surface area contributed by atoms with E-state index in [9.17, 15) is 9.59 Å². The highest BCUT2D eigenvalue weighted by Gasteiger charge is 2.21. The van der Waals surface area contributed by atoms with Gasteiger partial charge >= 0.3 is 6.01 Å². The molecule has 0 spiro atoms. The molecule has 0 bridgehead atoms. The standard InChI is InChI=1S/C15H17N3O3S/c19-13(12-6-5-9-22-12)17-15-16-11(10-21-15)14(20)18-7-3-1-2-4-8-18/h5-6,9-10H,1-4,7-8H2,(H,16,17,19). The van der Waals surface area contributed by atoms with Crippen LogP contribution in [-0.2, 0) is 0 Å². The molecule has 2 amide bonds. The maximum absolute atomic E-state index is 12.4. The molecule has 6 nitrogen and oxygen atoms in total. The van der Waals surface area contributed by atoms with E-state index < -0.39 is 0 Å². The summed E-state index contributed by atoms with van der Waals surface area (Å²) in [6.07, 6.45) is 5.66. The van der Waals surface area contributed by atoms with Crippen LogP contribution in [0.2, 0.25) is 0 Å². The van der Waals surface area contributed by atoms with Crippen molar-refractivity contribution in [1.29, 1.82) is 0 Å². The number of aromatic nitrogens is 1. The first-order chi connectivity index (χ1) is 10.7. The third kappa shape index (κ3) is 3.36. The molecule has 22 heavy (non-hydrogen) atoms. The lowest BCUT2D eigenvalue weighted by Gasteiger charge is -2.18. The van der Waals surface area contributed by atoms with E-state index in [2.05, 4.69) is 10.3 Å². The van der Waals surface area contributed by atoms with E-state index in [1.54, 1.807) is 17.0 Å². The quantitative estimate of drug-likeness (QED) is 0.943. The largest absolute Gasteiger partial charge is 0.431 e. The van der Waals surface area contributed by atoms with Gasteiger partial charge in [0, 0.05) is 13.1 Å². The number of anilines is 1. The summed E-state index contributed by atoms with van der Waals surface area (Å²) in [7, 11) is 0. The Morgan fingerprint density at radius 2 is 2.00 bits per heavy atom. The van der Waals surface area contributed by atoms with Gasteiger partial charge in [0.15, 0.2) is 5.69 Å². The zero-order valence-electron chi connectivity index (χ0n) is 12.1. The Bertz CT molecular complexity index is 643. The monoisotopic (exact) mass is 319 g/mol. The summed E-state index contributed by atoms with van der Waals surface area (Å²) >= 11 is 1.33. The summed E-state index contributed by atoms with van der Waals surface area (Å²) in [5.41, 5.74) is 0.239. The highest BCUT2D eigenvalue weighted by molar-refractivity contribution is 7.12. The summed E-state index contributed by atoms with van der Waals surface area (Å²) in [6.45, 7) is 1.51. The Balaban J connectivity index is 1.65. The molecule has 1 saturated heterocycles. The number of thiophene rings is 1. The number of hydrogen-bond donors (Lipinski definition) is 1. The minimum absolute atomic E-state index is 0.0524. The highest BCUT2D eigenvalue weighted by atomic mass is 32.1. The van der Waals surface area contributed by atoms with Crippen LogP contribution in [0.4, 0.5) is 6.01 Å². The number of amides is 2. The minimum atomic E-state index is -0.286. The first kappa shape index (κ1) is 14.8. The first-order valence-electron chi connectivity index (χ1n) is 7.34. The molecule has 1 aliphatic rings. The first-order valence-corrected chi connectivity index (χ1v) is 8.21. The molecule has 2 aromatic heterocycles. The van der Waals surface area contributed by atoms with Gasteiger partial charge in [-0.3, -0.25) is 14.9 Å². The minimum Gasteiger partial charge on any atom is -0.431 e. The molecule has 0 atom stereocenters. The smallest absolute Gasteiger partial charge is 0.302 e. The van der Waals surface area contributed by atoms with E-state index in [0.717, 1.165) is 38.8 Å². The summed E-state index contributed by atoms with van der Waals surface area (Å²) in [5.74, 6) is -0.423. The molecule has 0 aromatic carbocycles. The molecule has 3 rings (SSSR count). The van der Waals surface area contributed by atoms with E-state index in [1.807, 2.05) is 5.38 Å². The summed E-state index contributed by atoms with van der Waals surface area (Å²) in [5, 5.41) is 4.38. The zero-order chi connectivity index (χ0) is 15.4. The second-order valence-electron chi connectivity index (χ2n) is 5.18. The van der Waals surface area contributed by atoms with Crippen molar-refractivity contribution >= 4 is 29.2 Å². The van der Waals surface area contributed by atoms with Gasteiger partial charge in [-0.05, 0) is 24.3 Å². The third-order valence-corrected chi connectivity index (χ3v) is 4.45. The van der Waals surface area contributed by atoms with Crippen LogP contribution < -0.4 is 5.32 Å². The number of rotatable bonds is 3. The normalized spacial score (nSPS) is 15.4. The zero-order valence-corrected chi connectivity index (χ0v) is 12.9. The average molecular weight is 319 g/mol. The Morgan fingerprint density at radius 3 is 2.68 bits per heavy atom. The Kier molecular flexibility index (Phi) is 4.53. The SMILES string of the molecule is O=C(Nc1nc(C(=O)N2CCCCCC2)co1)c1cccs1. The molecular formula is C15H17N3O3S. The molecule has 1 N–H and O–H groups in total. The number of nitrogens with one attached hydrogen (secondary N) is 1. The van der Waals surface area contributed by atoms with E-state index >= 15 is 0 Å². The van der Waals surface area contributed by atoms with Gasteiger partial charge in [0.2, 0.25) is 0 Å². The van der Waals surface area contributed by atoms with Crippen molar-refractivity contribution < 1.29 is 14.0 Å². The van der Waals surface area contributed by atoms with Crippen LogP contribution in [0, 0.1) is 0 Å². The second kappa shape index (κ2) is 6.74. The molecule has 0 unspecified atom stereocenters. The molecule has 7 heteroatoms. The molecule has 0 saturated carbocycles. The van der Waals surface area contributed by atoms with Crippen molar-refractivity contribution in [1.82, 2.24) is 9.88 Å². The summed E-state index contributed by atoms with van der Waals surface area (Å²) in [4.78, 5) is 30.7. The van der Waals surface area contributed by atoms with Crippen LogP contribution in [0.3, 0.4) is 0 Å². The lowest BCUT2D eigenvalue weighted by atomic mass is 10.2. The van der Waals surface area contributed by atoms with E-state index in [0.29, 0.717) is 4.88 Å². The van der Waals surface area contributed by atoms with Gasteiger partial charge < -0.3 is 9.32 Å². The molecule has 1 aliphatic heterocycles. The topological polar surface area (TPSA) is 75.4 Å². The fourth-order valence-electron chi connectivity index (χ4n) is 2.43. The van der Waals surface area contributed by atoms with Crippen LogP contribution in [-0.4, -0.2) is 34.8 Å². The fraction of sp³-hybridized carbons (Fsp3) is 0.400. The Morgan fingerprint density at radius 1 is 1.23 bits per heavy atom. The number of carbonyl (C=O) groups is 2. The van der Waals surface area contributed by atoms with Gasteiger partial charge in [0.05, 0.1) is 4.88 Å². The van der Waals surface area contributed by atoms with Crippen LogP contribution in [0.5, 0.6) is 0 Å². The Hall–Kier alpha value is -2.15. The van der Waals surface area contributed by atoms with Gasteiger partial charge in [-0.1, -0.05) is 18.9 Å². The highest BCUT2D eigenvalue weighted by Crippen LogP contribution is 2.16. The molecule has 1 fully saturated rings. The molecule has 116 valence electrons. The molecule has 2 aromatic rings. The van der Waals surface area contributed by atoms with E-state index in [4.69, 9.17) is 4.42 Å². The molecular weight excluding hydrogens is 302 g/mol. The van der Waals surface area contributed by atoms with Gasteiger partial charge in [0.1, 0.15) is 6.26 Å². The van der Waals surface area contributed by atoms with Gasteiger partial charge in [-0.15, -0.1) is 11.3 Å². The van der Waals surface area contributed by atoms with Crippen molar-refractivity contribution in [3.05, 3.63) is 34.3 Å². The molecule has 0 aliphatic carbocycles. The molecule has 0 radical (unpaired) electrons. The predicted molar refractivity (Wildman–Crippen MR) is 83.1 cm³/mol. The maximum Gasteiger partial charge on any atom is 0.302 e. The van der Waals surface area contributed by atoms with Crippen LogP contribution in [0.15, 0.2) is 28.2 Å². The van der Waals surface area contributed by atoms with Gasteiger partial charge in [0.25, 0.3) is 11.8 Å². The van der Waals surface area contributed by atoms with Crippen molar-refractivity contribution in [3.8, 4) is 0 Å². The number of nitrogens with zero attached hydrogens (tertiary/aromatic N) is 2. The van der Waals surface area contributed by atoms with E-state index in [-0.39, 0.29) is 23.5 Å². The summed E-state index contributed by atoms with van der Waals surface area (Å²) in [6, 6.07) is 3.56. The third-order valence-electron chi connectivity index (χ3n) is 3.58. The van der Waals surface area contributed by atoms with Crippen LogP contribution in [0.1, 0.15) is 45.8 Å². The van der Waals surface area contributed by atoms with Crippen molar-refractivity contribution in [2.75, 3.05) is 18.4 Å². The maximum atomic E-state index is 12.4. The lowest BCUT2D eigenvalue weighted by molar-refractivity contribution is 0.0755. The van der Waals surface area contributed by atoms with Crippen molar-refractivity contribution in [3.63, 3.8) is 0 Å². The Labute approximate surface area is 132 Å². The summed E-state index contributed by atoms with van der Waals surface area (Å²) < 4.78 is 5.19. The average Bonchev–Trinajstić information content (AvgIpc) is 3.13. The van der Waals surface area contributed by atoms with Crippen molar-refractivity contribution in [2.24, 2.45) is 0 Å². The van der Waals surface area contributed by atoms with Crippen molar-refractivity contribution in [2.45, 2.75) is 25.7 Å².